The molecule has 1 aromatic heterocycles. The number of benzene rings is 3. The van der Waals surface area contributed by atoms with Gasteiger partial charge >= 0.3 is 12.4 Å². The highest BCUT2D eigenvalue weighted by Crippen LogP contribution is 2.35. The molecule has 0 bridgehead atoms. The summed E-state index contributed by atoms with van der Waals surface area (Å²) in [7, 11) is 1.59. The van der Waals surface area contributed by atoms with E-state index in [4.69, 9.17) is 4.74 Å². The highest BCUT2D eigenvalue weighted by Gasteiger charge is 2.33. The number of ether oxygens (including phenoxy) is 2. The first kappa shape index (κ1) is 29.9. The number of aryl methyl sites for hydroxylation is 1. The van der Waals surface area contributed by atoms with E-state index >= 15 is 0 Å². The number of amidine groups is 1. The van der Waals surface area contributed by atoms with Crippen LogP contribution < -0.4 is 15.0 Å². The summed E-state index contributed by atoms with van der Waals surface area (Å²) in [6.45, 7) is 3.80. The van der Waals surface area contributed by atoms with Crippen molar-refractivity contribution >= 4 is 40.2 Å². The van der Waals surface area contributed by atoms with Crippen LogP contribution >= 0.6 is 11.8 Å². The maximum atomic E-state index is 12.8. The SMILES string of the molecule is COC(C)c1ccc(C)cc1N1C(=O)CSC1=NC(=O)Nc1ccc(-c2cn(-c3ccc(OC(F)(F)F)cc3)cn2)cc1. The van der Waals surface area contributed by atoms with Gasteiger partial charge in [0, 0.05) is 35.8 Å². The predicted octanol–water partition coefficient (Wildman–Crippen LogP) is 7.12. The maximum absolute atomic E-state index is 12.8. The number of thioether (sulfide) groups is 1. The third kappa shape index (κ3) is 7.07. The average Bonchev–Trinajstić information content (AvgIpc) is 3.59. The number of methoxy groups -OCH3 is 1. The fourth-order valence-electron chi connectivity index (χ4n) is 4.40. The predicted molar refractivity (Wildman–Crippen MR) is 159 cm³/mol. The van der Waals surface area contributed by atoms with Crippen molar-refractivity contribution < 1.29 is 32.2 Å². The number of carbonyl (C=O) groups excluding carboxylic acids is 2. The van der Waals surface area contributed by atoms with Crippen LogP contribution in [0.1, 0.15) is 24.2 Å². The molecule has 1 saturated heterocycles. The number of nitrogens with one attached hydrogen (secondary N) is 1. The van der Waals surface area contributed by atoms with Crippen LogP contribution in [0.25, 0.3) is 16.9 Å². The lowest BCUT2D eigenvalue weighted by Gasteiger charge is -2.23. The second-order valence-corrected chi connectivity index (χ2v) is 10.5. The van der Waals surface area contributed by atoms with Crippen LogP contribution in [0.2, 0.25) is 0 Å². The molecule has 13 heteroatoms. The lowest BCUT2D eigenvalue weighted by molar-refractivity contribution is -0.274. The van der Waals surface area contributed by atoms with Gasteiger partial charge in [-0.05, 0) is 61.9 Å². The van der Waals surface area contributed by atoms with Gasteiger partial charge in [0.05, 0.1) is 29.6 Å². The molecule has 5 rings (SSSR count). The monoisotopic (exact) mass is 609 g/mol. The molecule has 1 aliphatic rings. The summed E-state index contributed by atoms with van der Waals surface area (Å²) >= 11 is 1.19. The highest BCUT2D eigenvalue weighted by atomic mass is 32.2. The maximum Gasteiger partial charge on any atom is 0.573 e. The van der Waals surface area contributed by atoms with Crippen molar-refractivity contribution in [3.63, 3.8) is 0 Å². The van der Waals surface area contributed by atoms with Gasteiger partial charge < -0.3 is 19.4 Å². The van der Waals surface area contributed by atoms with E-state index in [0.29, 0.717) is 22.8 Å². The Morgan fingerprint density at radius 2 is 1.81 bits per heavy atom. The Morgan fingerprint density at radius 1 is 1.09 bits per heavy atom. The first-order valence-corrected chi connectivity index (χ1v) is 14.0. The van der Waals surface area contributed by atoms with Crippen molar-refractivity contribution in [1.82, 2.24) is 9.55 Å². The van der Waals surface area contributed by atoms with Gasteiger partial charge in [0.2, 0.25) is 5.91 Å². The van der Waals surface area contributed by atoms with E-state index in [0.717, 1.165) is 16.7 Å². The molecule has 43 heavy (non-hydrogen) atoms. The fraction of sp³-hybridized carbons (Fsp3) is 0.200. The summed E-state index contributed by atoms with van der Waals surface area (Å²) < 4.78 is 48.3. The molecule has 1 aliphatic heterocycles. The topological polar surface area (TPSA) is 98.1 Å². The average molecular weight is 610 g/mol. The first-order chi connectivity index (χ1) is 20.5. The molecule has 2 heterocycles. The minimum Gasteiger partial charge on any atom is -0.406 e. The normalized spacial score (nSPS) is 15.2. The van der Waals surface area contributed by atoms with E-state index in [1.165, 1.54) is 40.9 Å². The van der Waals surface area contributed by atoms with Crippen LogP contribution in [0.15, 0.2) is 84.2 Å². The number of halogens is 3. The first-order valence-electron chi connectivity index (χ1n) is 13.0. The van der Waals surface area contributed by atoms with Crippen LogP contribution in [0.3, 0.4) is 0 Å². The van der Waals surface area contributed by atoms with E-state index in [2.05, 4.69) is 20.0 Å². The quantitative estimate of drug-likeness (QED) is 0.240. The zero-order chi connectivity index (χ0) is 30.7. The van der Waals surface area contributed by atoms with E-state index < -0.39 is 12.4 Å². The Bertz CT molecular complexity index is 1670. The number of nitrogens with zero attached hydrogens (tertiary/aromatic N) is 4. The molecule has 222 valence electrons. The van der Waals surface area contributed by atoms with Gasteiger partial charge in [0.25, 0.3) is 0 Å². The molecule has 1 unspecified atom stereocenters. The third-order valence-corrected chi connectivity index (χ3v) is 7.49. The van der Waals surface area contributed by atoms with Gasteiger partial charge in [-0.3, -0.25) is 9.69 Å². The molecule has 3 amide bonds. The van der Waals surface area contributed by atoms with Gasteiger partial charge in [-0.15, -0.1) is 13.2 Å². The number of rotatable bonds is 7. The van der Waals surface area contributed by atoms with Crippen molar-refractivity contribution in [2.45, 2.75) is 26.3 Å². The van der Waals surface area contributed by atoms with Crippen LogP contribution in [0.5, 0.6) is 5.75 Å². The molecular formula is C30H26F3N5O4S. The van der Waals surface area contributed by atoms with Gasteiger partial charge in [-0.2, -0.15) is 4.99 Å². The van der Waals surface area contributed by atoms with Crippen molar-refractivity contribution in [3.05, 3.63) is 90.4 Å². The van der Waals surface area contributed by atoms with Crippen LogP contribution in [-0.2, 0) is 9.53 Å². The molecule has 9 nitrogen and oxygen atoms in total. The van der Waals surface area contributed by atoms with Crippen LogP contribution in [0, 0.1) is 6.92 Å². The van der Waals surface area contributed by atoms with Crippen molar-refractivity contribution in [2.24, 2.45) is 4.99 Å². The number of imidazole rings is 1. The highest BCUT2D eigenvalue weighted by molar-refractivity contribution is 8.15. The summed E-state index contributed by atoms with van der Waals surface area (Å²) in [5.41, 5.74) is 4.85. The number of aromatic nitrogens is 2. The van der Waals surface area contributed by atoms with E-state index in [1.807, 2.05) is 32.0 Å². The number of hydrogen-bond donors (Lipinski definition) is 1. The molecule has 3 aromatic carbocycles. The molecule has 4 aromatic rings. The Kier molecular flexibility index (Phi) is 8.55. The van der Waals surface area contributed by atoms with Gasteiger partial charge in [0.1, 0.15) is 5.75 Å². The lowest BCUT2D eigenvalue weighted by Crippen LogP contribution is -2.31. The van der Waals surface area contributed by atoms with Gasteiger partial charge in [-0.25, -0.2) is 9.78 Å². The number of alkyl halides is 3. The van der Waals surface area contributed by atoms with Gasteiger partial charge in [0.15, 0.2) is 5.17 Å². The number of carbonyl (C=O) groups is 2. The number of amides is 3. The molecule has 0 radical (unpaired) electrons. The minimum absolute atomic E-state index is 0.160. The van der Waals surface area contributed by atoms with Crippen molar-refractivity contribution in [1.29, 1.82) is 0 Å². The third-order valence-electron chi connectivity index (χ3n) is 6.56. The Morgan fingerprint density at radius 3 is 2.49 bits per heavy atom. The fourth-order valence-corrected chi connectivity index (χ4v) is 5.25. The number of hydrogen-bond acceptors (Lipinski definition) is 6. The number of aliphatic imine (C=N–C) groups is 1. The molecule has 0 aliphatic carbocycles. The largest absolute Gasteiger partial charge is 0.573 e. The second kappa shape index (κ2) is 12.3. The Hall–Kier alpha value is -4.62. The van der Waals surface area contributed by atoms with Gasteiger partial charge in [-0.1, -0.05) is 36.0 Å². The number of urea groups is 1. The van der Waals surface area contributed by atoms with Crippen LogP contribution in [-0.4, -0.2) is 45.9 Å². The van der Waals surface area contributed by atoms with Crippen LogP contribution in [0.4, 0.5) is 29.3 Å². The Labute approximate surface area is 249 Å². The molecule has 1 N–H and O–H groups in total. The summed E-state index contributed by atoms with van der Waals surface area (Å²) in [5, 5.41) is 3.00. The molecule has 1 fully saturated rings. The van der Waals surface area contributed by atoms with Crippen molar-refractivity contribution in [3.8, 4) is 22.7 Å². The Balaban J connectivity index is 1.28. The molecular weight excluding hydrogens is 583 g/mol. The summed E-state index contributed by atoms with van der Waals surface area (Å²) in [5.74, 6) is -0.333. The molecule has 0 saturated carbocycles. The van der Waals surface area contributed by atoms with E-state index in [-0.39, 0.29) is 28.7 Å². The minimum atomic E-state index is -4.76. The van der Waals surface area contributed by atoms with E-state index in [1.54, 1.807) is 48.5 Å². The summed E-state index contributed by atoms with van der Waals surface area (Å²) in [6, 6.07) is 17.4. The summed E-state index contributed by atoms with van der Waals surface area (Å²) in [6.07, 6.45) is -1.76. The summed E-state index contributed by atoms with van der Waals surface area (Å²) in [4.78, 5) is 35.7. The zero-order valence-electron chi connectivity index (χ0n) is 23.3. The molecule has 1 atom stereocenters. The molecule has 0 spiro atoms. The van der Waals surface area contributed by atoms with Crippen molar-refractivity contribution in [2.75, 3.05) is 23.1 Å². The number of anilines is 2. The lowest BCUT2D eigenvalue weighted by atomic mass is 10.0. The smallest absolute Gasteiger partial charge is 0.406 e. The standard InChI is InChI=1S/C30H26F3N5O4S/c1-18-4-13-24(19(2)41-3)26(14-18)38-27(39)16-43-29(38)36-28(40)35-21-7-5-20(6-8-21)25-15-37(17-34-25)22-9-11-23(12-10-22)42-30(31,32)33/h4-15,17,19H,16H2,1-3H3,(H,35,40). The second-order valence-electron chi connectivity index (χ2n) is 9.57. The zero-order valence-corrected chi connectivity index (χ0v) is 24.1. The van der Waals surface area contributed by atoms with E-state index in [9.17, 15) is 22.8 Å².